The molecule has 0 aromatic rings. The van der Waals surface area contributed by atoms with Crippen LogP contribution in [0.3, 0.4) is 0 Å². The summed E-state index contributed by atoms with van der Waals surface area (Å²) in [7, 11) is -4.29. The molecule has 0 aromatic heterocycles. The SMILES string of the molecule is CC(O)CC(=O)OCS(=O)(=O)OCC(=O)[C@H]1CC[C@H]2[C@@H]3CCC4=CC(=O)C=C[C@]4(C)[C@@]3(F)CC[C@]12C. The molecule has 4 aliphatic carbocycles. The number of esters is 1. The van der Waals surface area contributed by atoms with Gasteiger partial charge in [0.15, 0.2) is 11.6 Å². The highest BCUT2D eigenvalue weighted by atomic mass is 32.2. The van der Waals surface area contributed by atoms with E-state index in [1.54, 1.807) is 12.2 Å². The number of Topliss-reactive ketones (excluding diaryl/α,β-unsaturated/α-hetero) is 1. The highest BCUT2D eigenvalue weighted by Gasteiger charge is 2.67. The molecule has 0 heterocycles. The second kappa shape index (κ2) is 9.44. The monoisotopic (exact) mass is 526 g/mol. The van der Waals surface area contributed by atoms with Crippen LogP contribution in [0.15, 0.2) is 23.8 Å². The Morgan fingerprint density at radius 1 is 1.19 bits per heavy atom. The molecular weight excluding hydrogens is 491 g/mol. The zero-order valence-electron chi connectivity index (χ0n) is 21.0. The Morgan fingerprint density at radius 2 is 1.92 bits per heavy atom. The van der Waals surface area contributed by atoms with Gasteiger partial charge in [-0.3, -0.25) is 18.6 Å². The number of hydrogen-bond donors (Lipinski definition) is 1. The van der Waals surface area contributed by atoms with E-state index in [0.717, 1.165) is 5.57 Å². The number of carbonyl (C=O) groups is 3. The number of alkyl halides is 1. The smallest absolute Gasteiger partial charge is 0.309 e. The van der Waals surface area contributed by atoms with E-state index in [1.807, 2.05) is 13.8 Å². The number of aliphatic hydroxyl groups is 1. The van der Waals surface area contributed by atoms with Gasteiger partial charge in [0, 0.05) is 11.3 Å². The quantitative estimate of drug-likeness (QED) is 0.378. The highest BCUT2D eigenvalue weighted by molar-refractivity contribution is 7.86. The van der Waals surface area contributed by atoms with Crippen molar-refractivity contribution < 1.29 is 41.2 Å². The largest absolute Gasteiger partial charge is 0.447 e. The lowest BCUT2D eigenvalue weighted by atomic mass is 9.46. The molecule has 0 amide bonds. The van der Waals surface area contributed by atoms with E-state index >= 15 is 4.39 Å². The third kappa shape index (κ3) is 4.60. The van der Waals surface area contributed by atoms with Gasteiger partial charge in [-0.15, -0.1) is 0 Å². The summed E-state index contributed by atoms with van der Waals surface area (Å²) in [6, 6.07) is 0. The molecule has 200 valence electrons. The lowest BCUT2D eigenvalue weighted by Gasteiger charge is -2.60. The number of ether oxygens (including phenoxy) is 1. The fourth-order valence-corrected chi connectivity index (χ4v) is 7.98. The van der Waals surface area contributed by atoms with Crippen molar-refractivity contribution in [3.8, 4) is 0 Å². The molecule has 0 bridgehead atoms. The Morgan fingerprint density at radius 3 is 2.61 bits per heavy atom. The van der Waals surface area contributed by atoms with Crippen LogP contribution in [0.4, 0.5) is 4.39 Å². The van der Waals surface area contributed by atoms with Crippen LogP contribution >= 0.6 is 0 Å². The van der Waals surface area contributed by atoms with Crippen LogP contribution in [0, 0.1) is 28.6 Å². The molecule has 0 aromatic carbocycles. The van der Waals surface area contributed by atoms with Crippen LogP contribution in [0.25, 0.3) is 0 Å². The first-order valence-electron chi connectivity index (χ1n) is 12.6. The molecule has 4 rings (SSSR count). The molecule has 0 aliphatic heterocycles. The van der Waals surface area contributed by atoms with Gasteiger partial charge in [0.25, 0.3) is 0 Å². The van der Waals surface area contributed by atoms with Crippen molar-refractivity contribution in [2.45, 2.75) is 77.5 Å². The van der Waals surface area contributed by atoms with Crippen molar-refractivity contribution in [2.75, 3.05) is 12.5 Å². The number of allylic oxidation sites excluding steroid dienone is 4. The molecule has 8 nitrogen and oxygen atoms in total. The van der Waals surface area contributed by atoms with Crippen LogP contribution in [0.2, 0.25) is 0 Å². The Balaban J connectivity index is 1.42. The zero-order valence-corrected chi connectivity index (χ0v) is 21.8. The number of ketones is 2. The maximum Gasteiger partial charge on any atom is 0.309 e. The van der Waals surface area contributed by atoms with Crippen molar-refractivity contribution in [1.29, 1.82) is 0 Å². The van der Waals surface area contributed by atoms with E-state index in [9.17, 15) is 22.8 Å². The highest BCUT2D eigenvalue weighted by Crippen LogP contribution is 2.68. The van der Waals surface area contributed by atoms with Gasteiger partial charge < -0.3 is 9.84 Å². The summed E-state index contributed by atoms with van der Waals surface area (Å²) in [6.07, 6.45) is 6.65. The average Bonchev–Trinajstić information content (AvgIpc) is 3.14. The predicted octanol–water partition coefficient (Wildman–Crippen LogP) is 3.19. The van der Waals surface area contributed by atoms with E-state index in [4.69, 9.17) is 9.29 Å². The standard InChI is InChI=1S/C26H35FO8S/c1-16(28)12-23(31)34-15-36(32,33)35-14-22(30)21-7-6-19-20-5-4-17-13-18(29)8-9-25(17,3)26(20,27)11-10-24(19,21)2/h8-9,13,16,19-21,28H,4-7,10-12,14-15H2,1-3H3/t16?,19-,20-,21+,24-,25-,26+/m0/s1. The summed E-state index contributed by atoms with van der Waals surface area (Å²) in [6.45, 7) is 4.59. The number of fused-ring (bicyclic) bond motifs is 5. The minimum atomic E-state index is -4.29. The van der Waals surface area contributed by atoms with Gasteiger partial charge in [0.1, 0.15) is 12.3 Å². The molecule has 0 saturated heterocycles. The lowest BCUT2D eigenvalue weighted by molar-refractivity contribution is -0.144. The van der Waals surface area contributed by atoms with E-state index in [0.29, 0.717) is 32.1 Å². The molecular formula is C26H35FO8S. The molecule has 3 fully saturated rings. The molecule has 3 saturated carbocycles. The summed E-state index contributed by atoms with van der Waals surface area (Å²) in [5, 5.41) is 9.17. The Bertz CT molecular complexity index is 1110. The van der Waals surface area contributed by atoms with Crippen LogP contribution in [0.5, 0.6) is 0 Å². The van der Waals surface area contributed by atoms with Gasteiger partial charge in [-0.25, -0.2) is 4.39 Å². The van der Waals surface area contributed by atoms with Crippen LogP contribution in [0.1, 0.15) is 65.7 Å². The first kappa shape index (κ1) is 27.1. The summed E-state index contributed by atoms with van der Waals surface area (Å²) in [5.74, 6) is -3.12. The van der Waals surface area contributed by atoms with E-state index in [-0.39, 0.29) is 36.2 Å². The summed E-state index contributed by atoms with van der Waals surface area (Å²) < 4.78 is 50.6. The van der Waals surface area contributed by atoms with Crippen LogP contribution < -0.4 is 0 Å². The topological polar surface area (TPSA) is 124 Å². The fourth-order valence-electron chi connectivity index (χ4n) is 7.34. The Labute approximate surface area is 211 Å². The van der Waals surface area contributed by atoms with Gasteiger partial charge in [-0.05, 0) is 81.8 Å². The molecule has 1 N–H and O–H groups in total. The molecule has 10 heteroatoms. The second-order valence-electron chi connectivity index (χ2n) is 11.3. The first-order chi connectivity index (χ1) is 16.7. The normalized spacial score (nSPS) is 38.4. The van der Waals surface area contributed by atoms with Gasteiger partial charge in [-0.2, -0.15) is 8.42 Å². The Hall–Kier alpha value is -1.91. The van der Waals surface area contributed by atoms with Gasteiger partial charge in [-0.1, -0.05) is 18.6 Å². The molecule has 1 unspecified atom stereocenters. The average molecular weight is 527 g/mol. The molecule has 4 aliphatic rings. The van der Waals surface area contributed by atoms with Gasteiger partial charge in [0.2, 0.25) is 5.94 Å². The van der Waals surface area contributed by atoms with E-state index in [2.05, 4.69) is 4.74 Å². The number of hydrogen-bond acceptors (Lipinski definition) is 8. The van der Waals surface area contributed by atoms with E-state index < -0.39 is 57.2 Å². The fraction of sp³-hybridized carbons (Fsp3) is 0.731. The van der Waals surface area contributed by atoms with Crippen LogP contribution in [-0.4, -0.2) is 55.4 Å². The van der Waals surface area contributed by atoms with Crippen LogP contribution in [-0.2, 0) is 33.4 Å². The van der Waals surface area contributed by atoms with Crippen molar-refractivity contribution in [3.63, 3.8) is 0 Å². The van der Waals surface area contributed by atoms with Crippen molar-refractivity contribution in [1.82, 2.24) is 0 Å². The predicted molar refractivity (Wildman–Crippen MR) is 128 cm³/mol. The first-order valence-corrected chi connectivity index (χ1v) is 14.2. The number of carbonyl (C=O) groups excluding carboxylic acids is 3. The summed E-state index contributed by atoms with van der Waals surface area (Å²) in [5.41, 5.74) is -1.97. The van der Waals surface area contributed by atoms with E-state index in [1.165, 1.54) is 13.0 Å². The zero-order chi connectivity index (χ0) is 26.5. The van der Waals surface area contributed by atoms with Gasteiger partial charge in [0.05, 0.1) is 12.5 Å². The van der Waals surface area contributed by atoms with Gasteiger partial charge >= 0.3 is 16.1 Å². The minimum absolute atomic E-state index is 0.0346. The Kier molecular flexibility index (Phi) is 7.11. The maximum atomic E-state index is 16.9. The maximum absolute atomic E-state index is 16.9. The third-order valence-corrected chi connectivity index (χ3v) is 10.1. The van der Waals surface area contributed by atoms with Crippen molar-refractivity contribution in [2.24, 2.45) is 28.6 Å². The molecule has 0 radical (unpaired) electrons. The summed E-state index contributed by atoms with van der Waals surface area (Å²) >= 11 is 0. The lowest BCUT2D eigenvalue weighted by Crippen LogP contribution is -2.60. The number of halogens is 1. The number of rotatable bonds is 8. The minimum Gasteiger partial charge on any atom is -0.447 e. The molecule has 0 spiro atoms. The third-order valence-electron chi connectivity index (χ3n) is 9.26. The van der Waals surface area contributed by atoms with Crippen molar-refractivity contribution >= 4 is 27.7 Å². The van der Waals surface area contributed by atoms with Crippen molar-refractivity contribution in [3.05, 3.63) is 23.8 Å². The summed E-state index contributed by atoms with van der Waals surface area (Å²) in [4.78, 5) is 36.5. The molecule has 7 atom stereocenters. The second-order valence-corrected chi connectivity index (χ2v) is 12.9. The molecule has 36 heavy (non-hydrogen) atoms. The number of aliphatic hydroxyl groups excluding tert-OH is 1.